The summed E-state index contributed by atoms with van der Waals surface area (Å²) in [5.41, 5.74) is 1.73. The second-order valence-electron chi connectivity index (χ2n) is 5.31. The summed E-state index contributed by atoms with van der Waals surface area (Å²) in [5.74, 6) is -0.979. The van der Waals surface area contributed by atoms with Crippen molar-refractivity contribution in [2.45, 2.75) is 32.9 Å². The van der Waals surface area contributed by atoms with Gasteiger partial charge in [-0.15, -0.1) is 0 Å². The molecule has 2 atom stereocenters. The Morgan fingerprint density at radius 3 is 2.24 bits per heavy atom. The molecule has 0 amide bonds. The quantitative estimate of drug-likeness (QED) is 0.875. The number of nitrogens with one attached hydrogen (secondary N) is 1. The number of hydrogen-bond acceptors (Lipinski definition) is 2. The molecule has 0 heterocycles. The molecule has 2 aromatic carbocycles. The van der Waals surface area contributed by atoms with Gasteiger partial charge in [-0.3, -0.25) is 0 Å². The maximum absolute atomic E-state index is 13.8. The van der Waals surface area contributed by atoms with Crippen LogP contribution in [0.1, 0.15) is 42.6 Å². The molecule has 0 saturated heterocycles. The maximum Gasteiger partial charge on any atom is 0.130 e. The lowest BCUT2D eigenvalue weighted by Crippen LogP contribution is -2.24. The summed E-state index contributed by atoms with van der Waals surface area (Å²) in [6.07, 6.45) is 0. The lowest BCUT2D eigenvalue weighted by Gasteiger charge is -2.22. The molecule has 2 unspecified atom stereocenters. The van der Waals surface area contributed by atoms with Crippen LogP contribution < -0.4 is 5.32 Å². The van der Waals surface area contributed by atoms with E-state index in [9.17, 15) is 13.9 Å². The number of hydrogen-bond donors (Lipinski definition) is 2. The van der Waals surface area contributed by atoms with Crippen LogP contribution in [0.2, 0.25) is 0 Å². The van der Waals surface area contributed by atoms with Gasteiger partial charge >= 0.3 is 0 Å². The van der Waals surface area contributed by atoms with E-state index in [2.05, 4.69) is 5.32 Å². The lowest BCUT2D eigenvalue weighted by atomic mass is 10.0. The van der Waals surface area contributed by atoms with Gasteiger partial charge in [0.25, 0.3) is 0 Å². The van der Waals surface area contributed by atoms with Gasteiger partial charge in [-0.25, -0.2) is 8.78 Å². The summed E-state index contributed by atoms with van der Waals surface area (Å²) in [6.45, 7) is 5.48. The van der Waals surface area contributed by atoms with E-state index < -0.39 is 17.7 Å². The van der Waals surface area contributed by atoms with E-state index in [4.69, 9.17) is 0 Å². The fraction of sp³-hybridized carbons (Fsp3) is 0.294. The first-order valence-electron chi connectivity index (χ1n) is 6.89. The maximum atomic E-state index is 13.8. The van der Waals surface area contributed by atoms with E-state index in [0.29, 0.717) is 5.56 Å². The monoisotopic (exact) mass is 291 g/mol. The van der Waals surface area contributed by atoms with Crippen LogP contribution in [0, 0.1) is 18.6 Å². The molecule has 112 valence electrons. The highest BCUT2D eigenvalue weighted by atomic mass is 19.1. The molecule has 2 nitrogen and oxygen atoms in total. The van der Waals surface area contributed by atoms with Crippen LogP contribution in [-0.4, -0.2) is 5.11 Å². The van der Waals surface area contributed by atoms with Crippen molar-refractivity contribution >= 4 is 0 Å². The number of benzene rings is 2. The Hall–Kier alpha value is -1.94. The standard InChI is InChI=1S/C17H19F2NO/c1-10-7-8-16(21)13(9-10)11(2)20-12(3)17-14(18)5-4-6-15(17)19/h4-9,11-12,20-21H,1-3H3. The average molecular weight is 291 g/mol. The van der Waals surface area contributed by atoms with E-state index >= 15 is 0 Å². The Kier molecular flexibility index (Phi) is 4.58. The van der Waals surface area contributed by atoms with Gasteiger partial charge in [-0.2, -0.15) is 0 Å². The largest absolute Gasteiger partial charge is 0.508 e. The molecule has 0 fully saturated rings. The number of rotatable bonds is 4. The van der Waals surface area contributed by atoms with Crippen LogP contribution in [0.5, 0.6) is 5.75 Å². The number of phenols is 1. The lowest BCUT2D eigenvalue weighted by molar-refractivity contribution is 0.424. The van der Waals surface area contributed by atoms with Crippen molar-refractivity contribution in [1.82, 2.24) is 5.32 Å². The molecule has 0 aromatic heterocycles. The zero-order valence-corrected chi connectivity index (χ0v) is 12.3. The Bertz CT molecular complexity index is 622. The zero-order chi connectivity index (χ0) is 15.6. The van der Waals surface area contributed by atoms with Gasteiger partial charge in [-0.1, -0.05) is 23.8 Å². The minimum atomic E-state index is -0.573. The fourth-order valence-electron chi connectivity index (χ4n) is 2.49. The highest BCUT2D eigenvalue weighted by molar-refractivity contribution is 5.38. The van der Waals surface area contributed by atoms with E-state index in [0.717, 1.165) is 5.56 Å². The molecule has 0 radical (unpaired) electrons. The third-order valence-electron chi connectivity index (χ3n) is 3.58. The van der Waals surface area contributed by atoms with Gasteiger partial charge in [0.2, 0.25) is 0 Å². The van der Waals surface area contributed by atoms with Crippen LogP contribution in [0.15, 0.2) is 36.4 Å². The minimum absolute atomic E-state index is 0.0106. The first-order chi connectivity index (χ1) is 9.90. The fourth-order valence-corrected chi connectivity index (χ4v) is 2.49. The molecule has 0 aliphatic heterocycles. The highest BCUT2D eigenvalue weighted by Crippen LogP contribution is 2.28. The first-order valence-corrected chi connectivity index (χ1v) is 6.89. The van der Waals surface area contributed by atoms with Crippen molar-refractivity contribution in [3.63, 3.8) is 0 Å². The summed E-state index contributed by atoms with van der Waals surface area (Å²) in [5, 5.41) is 13.0. The van der Waals surface area contributed by atoms with Crippen molar-refractivity contribution in [1.29, 1.82) is 0 Å². The molecule has 2 N–H and O–H groups in total. The number of phenolic OH excluding ortho intramolecular Hbond substituents is 1. The van der Waals surface area contributed by atoms with Crippen molar-refractivity contribution in [3.05, 3.63) is 64.7 Å². The number of halogens is 2. The predicted octanol–water partition coefficient (Wildman–Crippen LogP) is 4.39. The van der Waals surface area contributed by atoms with Crippen molar-refractivity contribution in [2.75, 3.05) is 0 Å². The molecule has 0 spiro atoms. The van der Waals surface area contributed by atoms with Crippen LogP contribution in [-0.2, 0) is 0 Å². The molecule has 0 saturated carbocycles. The van der Waals surface area contributed by atoms with E-state index in [1.807, 2.05) is 26.0 Å². The second-order valence-corrected chi connectivity index (χ2v) is 5.31. The smallest absolute Gasteiger partial charge is 0.130 e. The topological polar surface area (TPSA) is 32.3 Å². The second kappa shape index (κ2) is 6.22. The van der Waals surface area contributed by atoms with Gasteiger partial charge in [0.05, 0.1) is 0 Å². The third-order valence-corrected chi connectivity index (χ3v) is 3.58. The summed E-state index contributed by atoms with van der Waals surface area (Å²) in [7, 11) is 0. The van der Waals surface area contributed by atoms with Crippen molar-refractivity contribution in [3.8, 4) is 5.75 Å². The SMILES string of the molecule is Cc1ccc(O)c(C(C)NC(C)c2c(F)cccc2F)c1. The molecule has 21 heavy (non-hydrogen) atoms. The van der Waals surface area contributed by atoms with Gasteiger partial charge in [-0.05, 0) is 39.0 Å². The summed E-state index contributed by atoms with van der Waals surface area (Å²) in [6, 6.07) is 8.37. The minimum Gasteiger partial charge on any atom is -0.508 e. The van der Waals surface area contributed by atoms with Gasteiger partial charge in [0, 0.05) is 23.2 Å². The number of aryl methyl sites for hydroxylation is 1. The van der Waals surface area contributed by atoms with Gasteiger partial charge in [0.1, 0.15) is 17.4 Å². The summed E-state index contributed by atoms with van der Waals surface area (Å²) >= 11 is 0. The Labute approximate surface area is 123 Å². The number of aromatic hydroxyl groups is 1. The third kappa shape index (κ3) is 3.39. The summed E-state index contributed by atoms with van der Waals surface area (Å²) < 4.78 is 27.5. The normalized spacial score (nSPS) is 14.0. The van der Waals surface area contributed by atoms with Crippen LogP contribution >= 0.6 is 0 Å². The average Bonchev–Trinajstić information content (AvgIpc) is 2.41. The molecule has 4 heteroatoms. The Morgan fingerprint density at radius 1 is 1.00 bits per heavy atom. The Balaban J connectivity index is 2.23. The van der Waals surface area contributed by atoms with Gasteiger partial charge < -0.3 is 10.4 Å². The first kappa shape index (κ1) is 15.4. The van der Waals surface area contributed by atoms with Gasteiger partial charge in [0.15, 0.2) is 0 Å². The van der Waals surface area contributed by atoms with Crippen LogP contribution in [0.4, 0.5) is 8.78 Å². The van der Waals surface area contributed by atoms with E-state index in [1.165, 1.54) is 18.2 Å². The van der Waals surface area contributed by atoms with Crippen molar-refractivity contribution < 1.29 is 13.9 Å². The highest BCUT2D eigenvalue weighted by Gasteiger charge is 2.19. The molecule has 0 aliphatic carbocycles. The molecular weight excluding hydrogens is 272 g/mol. The summed E-state index contributed by atoms with van der Waals surface area (Å²) in [4.78, 5) is 0. The molecular formula is C17H19F2NO. The molecule has 0 bridgehead atoms. The molecule has 0 aliphatic rings. The van der Waals surface area contributed by atoms with Crippen LogP contribution in [0.3, 0.4) is 0 Å². The predicted molar refractivity (Wildman–Crippen MR) is 79.2 cm³/mol. The Morgan fingerprint density at radius 2 is 1.62 bits per heavy atom. The van der Waals surface area contributed by atoms with Crippen molar-refractivity contribution in [2.24, 2.45) is 0 Å². The molecule has 2 aromatic rings. The van der Waals surface area contributed by atoms with E-state index in [-0.39, 0.29) is 17.4 Å². The molecule has 2 rings (SSSR count). The zero-order valence-electron chi connectivity index (χ0n) is 12.3. The van der Waals surface area contributed by atoms with E-state index in [1.54, 1.807) is 13.0 Å². The van der Waals surface area contributed by atoms with Crippen LogP contribution in [0.25, 0.3) is 0 Å².